The summed E-state index contributed by atoms with van der Waals surface area (Å²) in [4.78, 5) is 9.48. The third kappa shape index (κ3) is 1.90. The van der Waals surface area contributed by atoms with E-state index >= 15 is 0 Å². The maximum atomic E-state index is 5.03. The van der Waals surface area contributed by atoms with Gasteiger partial charge in [-0.15, -0.1) is 11.3 Å². The molecule has 0 radical (unpaired) electrons. The first kappa shape index (κ1) is 12.3. The third-order valence-corrected chi connectivity index (χ3v) is 6.83. The number of hydrogen-bond acceptors (Lipinski definition) is 3. The number of hydrogen-bond donors (Lipinski definition) is 0. The molecule has 4 aliphatic carbocycles. The molecule has 2 nitrogen and oxygen atoms in total. The zero-order valence-corrected chi connectivity index (χ0v) is 13.0. The molecule has 0 aromatic carbocycles. The molecule has 6 rings (SSSR count). The zero-order valence-electron chi connectivity index (χ0n) is 12.2. The van der Waals surface area contributed by atoms with Crippen LogP contribution >= 0.6 is 11.3 Å². The lowest BCUT2D eigenvalue weighted by atomic mass is 9.49. The van der Waals surface area contributed by atoms with Crippen molar-refractivity contribution < 1.29 is 0 Å². The van der Waals surface area contributed by atoms with Crippen LogP contribution in [0.4, 0.5) is 0 Å². The highest BCUT2D eigenvalue weighted by Crippen LogP contribution is 2.60. The second kappa shape index (κ2) is 4.39. The molecule has 2 aromatic heterocycles. The average Bonchev–Trinajstić information content (AvgIpc) is 2.97. The van der Waals surface area contributed by atoms with Crippen LogP contribution in [0.5, 0.6) is 0 Å². The molecule has 21 heavy (non-hydrogen) atoms. The van der Waals surface area contributed by atoms with Crippen LogP contribution < -0.4 is 0 Å². The average molecular weight is 296 g/mol. The van der Waals surface area contributed by atoms with Gasteiger partial charge in [-0.05, 0) is 68.4 Å². The molecule has 4 aliphatic rings. The van der Waals surface area contributed by atoms with Crippen molar-refractivity contribution in [1.29, 1.82) is 0 Å². The summed E-state index contributed by atoms with van der Waals surface area (Å²) in [7, 11) is 0. The Hall–Kier alpha value is -1.22. The summed E-state index contributed by atoms with van der Waals surface area (Å²) in [5.74, 6) is 2.95. The largest absolute Gasteiger partial charge is 0.254 e. The van der Waals surface area contributed by atoms with Gasteiger partial charge >= 0.3 is 0 Å². The Morgan fingerprint density at radius 3 is 2.33 bits per heavy atom. The van der Waals surface area contributed by atoms with Crippen LogP contribution in [0.15, 0.2) is 29.8 Å². The van der Waals surface area contributed by atoms with E-state index < -0.39 is 0 Å². The summed E-state index contributed by atoms with van der Waals surface area (Å²) in [6.07, 6.45) is 10.5. The quantitative estimate of drug-likeness (QED) is 0.804. The molecule has 0 spiro atoms. The van der Waals surface area contributed by atoms with Gasteiger partial charge in [-0.25, -0.2) is 4.98 Å². The molecule has 2 aromatic rings. The van der Waals surface area contributed by atoms with E-state index in [0.717, 1.165) is 28.5 Å². The van der Waals surface area contributed by atoms with Gasteiger partial charge in [0.15, 0.2) is 0 Å². The monoisotopic (exact) mass is 296 g/mol. The highest BCUT2D eigenvalue weighted by atomic mass is 32.1. The topological polar surface area (TPSA) is 25.8 Å². The van der Waals surface area contributed by atoms with Gasteiger partial charge in [0.2, 0.25) is 0 Å². The van der Waals surface area contributed by atoms with E-state index in [1.807, 2.05) is 18.3 Å². The fraction of sp³-hybridized carbons (Fsp3) is 0.556. The summed E-state index contributed by atoms with van der Waals surface area (Å²) < 4.78 is 0. The predicted molar refractivity (Wildman–Crippen MR) is 85.2 cm³/mol. The van der Waals surface area contributed by atoms with E-state index in [9.17, 15) is 0 Å². The van der Waals surface area contributed by atoms with Crippen molar-refractivity contribution in [3.8, 4) is 10.7 Å². The molecule has 4 saturated carbocycles. The van der Waals surface area contributed by atoms with E-state index in [1.54, 1.807) is 11.3 Å². The summed E-state index contributed by atoms with van der Waals surface area (Å²) in [5.41, 5.74) is 2.82. The number of pyridine rings is 1. The minimum absolute atomic E-state index is 0.415. The van der Waals surface area contributed by atoms with Crippen molar-refractivity contribution in [2.45, 2.75) is 43.9 Å². The zero-order chi connectivity index (χ0) is 13.9. The first-order valence-corrected chi connectivity index (χ1v) is 9.06. The molecular formula is C18H20N2S. The Morgan fingerprint density at radius 2 is 1.71 bits per heavy atom. The predicted octanol–water partition coefficient (Wildman–Crippen LogP) is 4.67. The van der Waals surface area contributed by atoms with E-state index in [-0.39, 0.29) is 0 Å². The second-order valence-corrected chi connectivity index (χ2v) is 8.31. The van der Waals surface area contributed by atoms with Crippen LogP contribution in [-0.2, 0) is 5.41 Å². The van der Waals surface area contributed by atoms with Crippen molar-refractivity contribution in [3.63, 3.8) is 0 Å². The van der Waals surface area contributed by atoms with Gasteiger partial charge in [-0.3, -0.25) is 4.98 Å². The lowest BCUT2D eigenvalue weighted by molar-refractivity contribution is -0.00689. The molecule has 0 N–H and O–H groups in total. The molecule has 4 bridgehead atoms. The van der Waals surface area contributed by atoms with Crippen LogP contribution in [0.25, 0.3) is 10.7 Å². The van der Waals surface area contributed by atoms with Crippen molar-refractivity contribution in [2.24, 2.45) is 17.8 Å². The fourth-order valence-corrected chi connectivity index (χ4v) is 6.47. The smallest absolute Gasteiger partial charge is 0.142 e. The third-order valence-electron chi connectivity index (χ3n) is 5.97. The van der Waals surface area contributed by atoms with Crippen molar-refractivity contribution in [3.05, 3.63) is 35.5 Å². The summed E-state index contributed by atoms with van der Waals surface area (Å²) in [5, 5.41) is 3.43. The van der Waals surface area contributed by atoms with Crippen LogP contribution in [0.3, 0.4) is 0 Å². The highest BCUT2D eigenvalue weighted by Gasteiger charge is 2.52. The lowest BCUT2D eigenvalue weighted by Crippen LogP contribution is -2.48. The normalized spacial score (nSPS) is 37.0. The maximum Gasteiger partial charge on any atom is 0.142 e. The number of rotatable bonds is 2. The first-order valence-electron chi connectivity index (χ1n) is 8.18. The molecular weight excluding hydrogens is 276 g/mol. The fourth-order valence-electron chi connectivity index (χ4n) is 5.55. The molecule has 0 saturated heterocycles. The van der Waals surface area contributed by atoms with Gasteiger partial charge in [-0.2, -0.15) is 0 Å². The first-order chi connectivity index (χ1) is 10.3. The molecule has 4 fully saturated rings. The van der Waals surface area contributed by atoms with Crippen molar-refractivity contribution >= 4 is 11.3 Å². The van der Waals surface area contributed by atoms with E-state index in [1.165, 1.54) is 44.2 Å². The number of nitrogens with zero attached hydrogens (tertiary/aromatic N) is 2. The van der Waals surface area contributed by atoms with E-state index in [4.69, 9.17) is 4.98 Å². The van der Waals surface area contributed by atoms with Gasteiger partial charge < -0.3 is 0 Å². The van der Waals surface area contributed by atoms with Gasteiger partial charge in [0.05, 0.1) is 11.4 Å². The SMILES string of the molecule is c1ccc(-c2nc(C34CC5CC(CC(C5)C3)C4)cs2)nc1. The lowest BCUT2D eigenvalue weighted by Gasteiger charge is -2.56. The standard InChI is InChI=1S/C18H20N2S/c1-2-4-19-15(3-1)17-20-16(11-21-17)18-8-12-5-13(9-18)7-14(6-12)10-18/h1-4,11-14H,5-10H2. The highest BCUT2D eigenvalue weighted by molar-refractivity contribution is 7.13. The summed E-state index contributed by atoms with van der Waals surface area (Å²) in [6, 6.07) is 6.09. The molecule has 0 unspecified atom stereocenters. The molecule has 0 aliphatic heterocycles. The Kier molecular flexibility index (Phi) is 2.58. The minimum Gasteiger partial charge on any atom is -0.254 e. The molecule has 0 amide bonds. The van der Waals surface area contributed by atoms with Gasteiger partial charge in [0, 0.05) is 17.0 Å². The van der Waals surface area contributed by atoms with Crippen molar-refractivity contribution in [1.82, 2.24) is 9.97 Å². The second-order valence-electron chi connectivity index (χ2n) is 7.45. The number of thiazole rings is 1. The Labute approximate surface area is 129 Å². The summed E-state index contributed by atoms with van der Waals surface area (Å²) in [6.45, 7) is 0. The van der Waals surface area contributed by atoms with Crippen LogP contribution in [0, 0.1) is 17.8 Å². The Balaban J connectivity index is 1.52. The molecule has 2 heterocycles. The summed E-state index contributed by atoms with van der Waals surface area (Å²) >= 11 is 1.78. The Morgan fingerprint density at radius 1 is 1.00 bits per heavy atom. The minimum atomic E-state index is 0.415. The maximum absolute atomic E-state index is 5.03. The molecule has 0 atom stereocenters. The van der Waals surface area contributed by atoms with Crippen molar-refractivity contribution in [2.75, 3.05) is 0 Å². The van der Waals surface area contributed by atoms with E-state index in [2.05, 4.69) is 16.4 Å². The van der Waals surface area contributed by atoms with Gasteiger partial charge in [0.1, 0.15) is 5.01 Å². The molecule has 3 heteroatoms. The van der Waals surface area contributed by atoms with Crippen LogP contribution in [0.1, 0.15) is 44.2 Å². The Bertz CT molecular complexity index is 626. The van der Waals surface area contributed by atoms with Crippen LogP contribution in [0.2, 0.25) is 0 Å². The number of aromatic nitrogens is 2. The van der Waals surface area contributed by atoms with Gasteiger partial charge in [0.25, 0.3) is 0 Å². The molecule has 108 valence electrons. The van der Waals surface area contributed by atoms with Gasteiger partial charge in [-0.1, -0.05) is 6.07 Å². The van der Waals surface area contributed by atoms with Crippen LogP contribution in [-0.4, -0.2) is 9.97 Å². The van der Waals surface area contributed by atoms with E-state index in [0.29, 0.717) is 5.41 Å².